The monoisotopic (exact) mass is 423 g/mol. The first-order chi connectivity index (χ1) is 14.4. The van der Waals surface area contributed by atoms with Crippen molar-refractivity contribution >= 4 is 15.9 Å². The number of nitrogens with zero attached hydrogens (tertiary/aromatic N) is 2. The van der Waals surface area contributed by atoms with E-state index in [2.05, 4.69) is 10.3 Å². The predicted molar refractivity (Wildman–Crippen MR) is 116 cm³/mol. The topological polar surface area (TPSA) is 79.4 Å². The summed E-state index contributed by atoms with van der Waals surface area (Å²) in [6.07, 6.45) is 1.68. The van der Waals surface area contributed by atoms with Crippen LogP contribution in [0.3, 0.4) is 0 Å². The van der Waals surface area contributed by atoms with Crippen molar-refractivity contribution in [1.29, 1.82) is 0 Å². The molecule has 0 radical (unpaired) electrons. The van der Waals surface area contributed by atoms with Gasteiger partial charge in [0.25, 0.3) is 5.91 Å². The summed E-state index contributed by atoms with van der Waals surface area (Å²) in [6, 6.07) is 19.3. The summed E-state index contributed by atoms with van der Waals surface area (Å²) in [6.45, 7) is 4.66. The Morgan fingerprint density at radius 3 is 2.30 bits per heavy atom. The molecule has 156 valence electrons. The lowest BCUT2D eigenvalue weighted by Crippen LogP contribution is -2.30. The van der Waals surface area contributed by atoms with Crippen molar-refractivity contribution in [2.45, 2.75) is 31.8 Å². The van der Waals surface area contributed by atoms with Gasteiger partial charge in [-0.1, -0.05) is 42.8 Å². The Kier molecular flexibility index (Phi) is 6.97. The van der Waals surface area contributed by atoms with E-state index in [0.717, 1.165) is 16.8 Å². The first-order valence-electron chi connectivity index (χ1n) is 9.74. The number of rotatable bonds is 8. The van der Waals surface area contributed by atoms with Crippen LogP contribution >= 0.6 is 0 Å². The molecule has 0 aliphatic heterocycles. The van der Waals surface area contributed by atoms with Crippen molar-refractivity contribution in [3.8, 4) is 0 Å². The predicted octanol–water partition coefficient (Wildman–Crippen LogP) is 3.53. The van der Waals surface area contributed by atoms with Crippen LogP contribution in [-0.4, -0.2) is 30.2 Å². The van der Waals surface area contributed by atoms with E-state index in [-0.39, 0.29) is 17.3 Å². The molecule has 2 aromatic carbocycles. The molecule has 30 heavy (non-hydrogen) atoms. The number of aryl methyl sites for hydroxylation is 1. The summed E-state index contributed by atoms with van der Waals surface area (Å²) >= 11 is 0. The number of sulfonamides is 1. The van der Waals surface area contributed by atoms with E-state index in [1.54, 1.807) is 54.7 Å². The van der Waals surface area contributed by atoms with Gasteiger partial charge in [-0.15, -0.1) is 0 Å². The summed E-state index contributed by atoms with van der Waals surface area (Å²) in [4.78, 5) is 16.8. The molecule has 0 aliphatic carbocycles. The van der Waals surface area contributed by atoms with Crippen LogP contribution in [0.1, 0.15) is 34.1 Å². The lowest BCUT2D eigenvalue weighted by molar-refractivity contribution is 0.0950. The summed E-state index contributed by atoms with van der Waals surface area (Å²) in [5.41, 5.74) is 3.12. The molecule has 7 heteroatoms. The highest BCUT2D eigenvalue weighted by Crippen LogP contribution is 2.19. The second-order valence-electron chi connectivity index (χ2n) is 6.94. The van der Waals surface area contributed by atoms with Crippen LogP contribution in [0.4, 0.5) is 0 Å². The number of pyridine rings is 1. The Labute approximate surface area is 177 Å². The lowest BCUT2D eigenvalue weighted by Gasteiger charge is -2.21. The van der Waals surface area contributed by atoms with Crippen LogP contribution in [0.5, 0.6) is 0 Å². The van der Waals surface area contributed by atoms with Crippen molar-refractivity contribution in [3.63, 3.8) is 0 Å². The maximum absolute atomic E-state index is 12.9. The number of hydrogen-bond donors (Lipinski definition) is 1. The van der Waals surface area contributed by atoms with Gasteiger partial charge in [-0.05, 0) is 48.9 Å². The fourth-order valence-electron chi connectivity index (χ4n) is 2.97. The number of carbonyl (C=O) groups is 1. The fourth-order valence-corrected chi connectivity index (χ4v) is 4.40. The third kappa shape index (κ3) is 5.31. The van der Waals surface area contributed by atoms with E-state index in [1.807, 2.05) is 32.0 Å². The average Bonchev–Trinajstić information content (AvgIpc) is 2.77. The maximum Gasteiger partial charge on any atom is 0.251 e. The first kappa shape index (κ1) is 21.7. The number of carbonyl (C=O) groups excluding carboxylic acids is 1. The molecule has 1 amide bonds. The zero-order valence-electron chi connectivity index (χ0n) is 17.1. The van der Waals surface area contributed by atoms with E-state index >= 15 is 0 Å². The maximum atomic E-state index is 12.9. The SMILES string of the molecule is CCN(Cc1ccc(C(=O)NCc2ccccn2)cc1)S(=O)(=O)c1ccc(C)cc1. The Morgan fingerprint density at radius 1 is 1.00 bits per heavy atom. The minimum absolute atomic E-state index is 0.202. The Balaban J connectivity index is 1.66. The molecule has 6 nitrogen and oxygen atoms in total. The Bertz CT molecular complexity index is 1080. The number of benzene rings is 2. The van der Waals surface area contributed by atoms with Crippen LogP contribution in [-0.2, 0) is 23.1 Å². The largest absolute Gasteiger partial charge is 0.346 e. The minimum atomic E-state index is -3.58. The van der Waals surface area contributed by atoms with Gasteiger partial charge < -0.3 is 5.32 Å². The third-order valence-corrected chi connectivity index (χ3v) is 6.68. The van der Waals surface area contributed by atoms with Crippen molar-refractivity contribution < 1.29 is 13.2 Å². The van der Waals surface area contributed by atoms with Crippen LogP contribution in [0.15, 0.2) is 77.8 Å². The van der Waals surface area contributed by atoms with Crippen LogP contribution in [0, 0.1) is 6.92 Å². The zero-order chi connectivity index (χ0) is 21.6. The Hall–Kier alpha value is -3.03. The van der Waals surface area contributed by atoms with Gasteiger partial charge >= 0.3 is 0 Å². The Morgan fingerprint density at radius 2 is 1.70 bits per heavy atom. The smallest absolute Gasteiger partial charge is 0.251 e. The molecule has 1 aromatic heterocycles. The van der Waals surface area contributed by atoms with Gasteiger partial charge in [-0.3, -0.25) is 9.78 Å². The molecule has 0 spiro atoms. The highest BCUT2D eigenvalue weighted by Gasteiger charge is 2.23. The van der Waals surface area contributed by atoms with E-state index in [9.17, 15) is 13.2 Å². The molecule has 0 unspecified atom stereocenters. The molecule has 0 saturated heterocycles. The lowest BCUT2D eigenvalue weighted by atomic mass is 10.1. The van der Waals surface area contributed by atoms with E-state index < -0.39 is 10.0 Å². The van der Waals surface area contributed by atoms with Crippen LogP contribution in [0.2, 0.25) is 0 Å². The number of nitrogens with one attached hydrogen (secondary N) is 1. The van der Waals surface area contributed by atoms with Crippen molar-refractivity contribution in [2.75, 3.05) is 6.54 Å². The quantitative estimate of drug-likeness (QED) is 0.601. The van der Waals surface area contributed by atoms with Crippen LogP contribution in [0.25, 0.3) is 0 Å². The van der Waals surface area contributed by atoms with E-state index in [0.29, 0.717) is 18.7 Å². The standard InChI is InChI=1S/C23H25N3O3S/c1-3-26(30(28,29)22-13-7-18(2)8-14-22)17-19-9-11-20(12-10-19)23(27)25-16-21-6-4-5-15-24-21/h4-15H,3,16-17H2,1-2H3,(H,25,27). The van der Waals surface area contributed by atoms with Gasteiger partial charge in [-0.25, -0.2) is 8.42 Å². The van der Waals surface area contributed by atoms with E-state index in [4.69, 9.17) is 0 Å². The second-order valence-corrected chi connectivity index (χ2v) is 8.88. The van der Waals surface area contributed by atoms with Gasteiger partial charge in [0.2, 0.25) is 10.0 Å². The fraction of sp³-hybridized carbons (Fsp3) is 0.217. The normalized spacial score (nSPS) is 11.4. The molecule has 1 N–H and O–H groups in total. The van der Waals surface area contributed by atoms with Crippen molar-refractivity contribution in [1.82, 2.24) is 14.6 Å². The van der Waals surface area contributed by atoms with Gasteiger partial charge in [0.05, 0.1) is 17.1 Å². The highest BCUT2D eigenvalue weighted by molar-refractivity contribution is 7.89. The second kappa shape index (κ2) is 9.65. The molecule has 1 heterocycles. The molecule has 0 fully saturated rings. The summed E-state index contributed by atoms with van der Waals surface area (Å²) in [7, 11) is -3.58. The molecular weight excluding hydrogens is 398 g/mol. The average molecular weight is 424 g/mol. The van der Waals surface area contributed by atoms with Crippen molar-refractivity contribution in [2.24, 2.45) is 0 Å². The molecule has 0 saturated carbocycles. The number of aromatic nitrogens is 1. The summed E-state index contributed by atoms with van der Waals surface area (Å²) in [5.74, 6) is -0.202. The zero-order valence-corrected chi connectivity index (χ0v) is 17.9. The molecule has 3 rings (SSSR count). The summed E-state index contributed by atoms with van der Waals surface area (Å²) in [5, 5.41) is 2.83. The van der Waals surface area contributed by atoms with E-state index in [1.165, 1.54) is 4.31 Å². The molecule has 0 aliphatic rings. The van der Waals surface area contributed by atoms with Gasteiger partial charge in [0.15, 0.2) is 0 Å². The summed E-state index contributed by atoms with van der Waals surface area (Å²) < 4.78 is 27.3. The third-order valence-electron chi connectivity index (χ3n) is 4.74. The molecule has 0 atom stereocenters. The highest BCUT2D eigenvalue weighted by atomic mass is 32.2. The first-order valence-corrected chi connectivity index (χ1v) is 11.2. The molecule has 3 aromatic rings. The van der Waals surface area contributed by atoms with Gasteiger partial charge in [-0.2, -0.15) is 4.31 Å². The molecule has 0 bridgehead atoms. The number of hydrogen-bond acceptors (Lipinski definition) is 4. The molecular formula is C23H25N3O3S. The number of amides is 1. The van der Waals surface area contributed by atoms with Gasteiger partial charge in [0, 0.05) is 24.8 Å². The van der Waals surface area contributed by atoms with Gasteiger partial charge in [0.1, 0.15) is 0 Å². The minimum Gasteiger partial charge on any atom is -0.346 e. The van der Waals surface area contributed by atoms with Crippen molar-refractivity contribution in [3.05, 3.63) is 95.3 Å². The van der Waals surface area contributed by atoms with Crippen LogP contribution < -0.4 is 5.32 Å².